The van der Waals surface area contributed by atoms with E-state index in [2.05, 4.69) is 43.4 Å². The molecule has 0 radical (unpaired) electrons. The molecule has 0 spiro atoms. The van der Waals surface area contributed by atoms with Crippen molar-refractivity contribution in [2.75, 3.05) is 26.0 Å². The van der Waals surface area contributed by atoms with Crippen molar-refractivity contribution in [3.8, 4) is 5.75 Å². The van der Waals surface area contributed by atoms with E-state index >= 15 is 0 Å². The Hall–Kier alpha value is -2.33. The number of nitrogens with one attached hydrogen (secondary N) is 2. The van der Waals surface area contributed by atoms with Gasteiger partial charge in [-0.2, -0.15) is 0 Å². The number of benzene rings is 2. The van der Waals surface area contributed by atoms with Crippen molar-refractivity contribution in [2.24, 2.45) is 0 Å². The van der Waals surface area contributed by atoms with Crippen LogP contribution in [0, 0.1) is 0 Å². The number of hydrogen-bond donors (Lipinski definition) is 2. The average Bonchev–Trinajstić information content (AvgIpc) is 2.55. The molecular weight excluding hydrogens is 300 g/mol. The van der Waals surface area contributed by atoms with E-state index in [4.69, 9.17) is 4.74 Å². The summed E-state index contributed by atoms with van der Waals surface area (Å²) in [7, 11) is 3.63. The Labute approximate surface area is 144 Å². The maximum absolute atomic E-state index is 12.2. The highest BCUT2D eigenvalue weighted by atomic mass is 16.5. The second-order valence-electron chi connectivity index (χ2n) is 6.46. The summed E-state index contributed by atoms with van der Waals surface area (Å²) >= 11 is 0. The number of carbonyl (C=O) groups is 1. The molecule has 0 aliphatic heterocycles. The fraction of sp³-hybridized carbons (Fsp3) is 0.350. The minimum absolute atomic E-state index is 0.0178. The fourth-order valence-electron chi connectivity index (χ4n) is 2.65. The van der Waals surface area contributed by atoms with Gasteiger partial charge in [-0.05, 0) is 23.6 Å². The van der Waals surface area contributed by atoms with Crippen molar-refractivity contribution in [1.29, 1.82) is 0 Å². The summed E-state index contributed by atoms with van der Waals surface area (Å²) in [6, 6.07) is 16.1. The summed E-state index contributed by atoms with van der Waals surface area (Å²) in [6.07, 6.45) is 0. The van der Waals surface area contributed by atoms with Gasteiger partial charge in [0.1, 0.15) is 12.3 Å². The normalized spacial score (nSPS) is 12.0. The number of quaternary nitrogens is 1. The predicted molar refractivity (Wildman–Crippen MR) is 97.6 cm³/mol. The van der Waals surface area contributed by atoms with E-state index in [9.17, 15) is 4.79 Å². The van der Waals surface area contributed by atoms with Gasteiger partial charge in [-0.25, -0.2) is 0 Å². The van der Waals surface area contributed by atoms with Crippen LogP contribution >= 0.6 is 0 Å². The molecule has 0 aliphatic carbocycles. The third-order valence-corrected chi connectivity index (χ3v) is 4.00. The van der Waals surface area contributed by atoms with Crippen LogP contribution in [0.2, 0.25) is 0 Å². The van der Waals surface area contributed by atoms with E-state index in [-0.39, 0.29) is 5.91 Å². The number of methoxy groups -OCH3 is 1. The van der Waals surface area contributed by atoms with Gasteiger partial charge >= 0.3 is 0 Å². The van der Waals surface area contributed by atoms with E-state index < -0.39 is 0 Å². The van der Waals surface area contributed by atoms with Gasteiger partial charge in [-0.3, -0.25) is 4.79 Å². The maximum Gasteiger partial charge on any atom is 0.279 e. The molecule has 128 valence electrons. The molecule has 4 nitrogen and oxygen atoms in total. The van der Waals surface area contributed by atoms with Crippen molar-refractivity contribution >= 4 is 11.6 Å². The van der Waals surface area contributed by atoms with Gasteiger partial charge in [0.2, 0.25) is 0 Å². The van der Waals surface area contributed by atoms with Crippen LogP contribution in [0.25, 0.3) is 0 Å². The molecule has 1 amide bonds. The van der Waals surface area contributed by atoms with E-state index in [1.165, 1.54) is 11.1 Å². The lowest BCUT2D eigenvalue weighted by molar-refractivity contribution is -0.885. The number of carbonyl (C=O) groups excluding carboxylic acids is 1. The third-order valence-electron chi connectivity index (χ3n) is 4.00. The lowest BCUT2D eigenvalue weighted by Crippen LogP contribution is -3.08. The second-order valence-corrected chi connectivity index (χ2v) is 6.46. The zero-order chi connectivity index (χ0) is 17.5. The summed E-state index contributed by atoms with van der Waals surface area (Å²) in [5, 5.41) is 2.92. The SMILES string of the molecule is COc1ccccc1NC(=O)C[NH+](C)Cc1ccc(C(C)C)cc1. The van der Waals surface area contributed by atoms with E-state index in [1.807, 2.05) is 31.3 Å². The number of hydrogen-bond acceptors (Lipinski definition) is 2. The summed E-state index contributed by atoms with van der Waals surface area (Å²) in [6.45, 7) is 5.60. The van der Waals surface area contributed by atoms with Gasteiger partial charge in [0.15, 0.2) is 6.54 Å². The molecule has 24 heavy (non-hydrogen) atoms. The fourth-order valence-corrected chi connectivity index (χ4v) is 2.65. The Kier molecular flexibility index (Phi) is 6.38. The highest BCUT2D eigenvalue weighted by Gasteiger charge is 2.13. The predicted octanol–water partition coefficient (Wildman–Crippen LogP) is 2.47. The van der Waals surface area contributed by atoms with Crippen molar-refractivity contribution < 1.29 is 14.4 Å². The lowest BCUT2D eigenvalue weighted by Gasteiger charge is -2.15. The standard InChI is InChI=1S/C20H26N2O2/c1-15(2)17-11-9-16(10-12-17)13-22(3)14-20(23)21-18-7-5-6-8-19(18)24-4/h5-12,15H,13-14H2,1-4H3,(H,21,23)/p+1. The van der Waals surface area contributed by atoms with Crippen LogP contribution in [0.3, 0.4) is 0 Å². The topological polar surface area (TPSA) is 42.8 Å². The maximum atomic E-state index is 12.2. The molecule has 0 aromatic heterocycles. The quantitative estimate of drug-likeness (QED) is 0.820. The van der Waals surface area contributed by atoms with Gasteiger partial charge in [0.05, 0.1) is 19.8 Å². The molecule has 2 aromatic rings. The van der Waals surface area contributed by atoms with E-state index in [0.717, 1.165) is 11.4 Å². The molecule has 4 heteroatoms. The van der Waals surface area contributed by atoms with Gasteiger partial charge in [-0.15, -0.1) is 0 Å². The van der Waals surface area contributed by atoms with E-state index in [1.54, 1.807) is 7.11 Å². The van der Waals surface area contributed by atoms with Crippen molar-refractivity contribution in [3.63, 3.8) is 0 Å². The Balaban J connectivity index is 1.89. The number of rotatable bonds is 7. The third kappa shape index (κ3) is 5.10. The van der Waals surface area contributed by atoms with Crippen molar-refractivity contribution in [3.05, 3.63) is 59.7 Å². The zero-order valence-electron chi connectivity index (χ0n) is 14.9. The minimum atomic E-state index is -0.0178. The average molecular weight is 327 g/mol. The molecule has 0 aliphatic rings. The van der Waals surface area contributed by atoms with Crippen LogP contribution in [-0.4, -0.2) is 26.6 Å². The smallest absolute Gasteiger partial charge is 0.279 e. The van der Waals surface area contributed by atoms with Crippen LogP contribution in [0.4, 0.5) is 5.69 Å². The van der Waals surface area contributed by atoms with Gasteiger partial charge in [-0.1, -0.05) is 50.2 Å². The monoisotopic (exact) mass is 327 g/mol. The van der Waals surface area contributed by atoms with Gasteiger partial charge in [0, 0.05) is 5.56 Å². The molecule has 0 saturated heterocycles. The second kappa shape index (κ2) is 8.50. The van der Waals surface area contributed by atoms with Gasteiger partial charge in [0.25, 0.3) is 5.91 Å². The number of likely N-dealkylation sites (N-methyl/N-ethyl adjacent to an activating group) is 1. The van der Waals surface area contributed by atoms with Gasteiger partial charge < -0.3 is 15.0 Å². The number of amides is 1. The first-order chi connectivity index (χ1) is 11.5. The van der Waals surface area contributed by atoms with Crippen molar-refractivity contribution in [1.82, 2.24) is 0 Å². The molecular formula is C20H27N2O2+. The lowest BCUT2D eigenvalue weighted by atomic mass is 10.0. The number of ether oxygens (including phenoxy) is 1. The molecule has 2 aromatic carbocycles. The Morgan fingerprint density at radius 2 is 1.79 bits per heavy atom. The Morgan fingerprint density at radius 3 is 2.42 bits per heavy atom. The molecule has 0 bridgehead atoms. The minimum Gasteiger partial charge on any atom is -0.495 e. The first-order valence-corrected chi connectivity index (χ1v) is 8.32. The van der Waals surface area contributed by atoms with Crippen LogP contribution in [0.1, 0.15) is 30.9 Å². The largest absolute Gasteiger partial charge is 0.495 e. The first-order valence-electron chi connectivity index (χ1n) is 8.32. The molecule has 2 N–H and O–H groups in total. The highest BCUT2D eigenvalue weighted by molar-refractivity contribution is 5.92. The zero-order valence-corrected chi connectivity index (χ0v) is 14.9. The number of para-hydroxylation sites is 2. The Bertz CT molecular complexity index is 666. The summed E-state index contributed by atoms with van der Waals surface area (Å²) in [4.78, 5) is 13.4. The van der Waals surface area contributed by atoms with E-state index in [0.29, 0.717) is 23.9 Å². The highest BCUT2D eigenvalue weighted by Crippen LogP contribution is 2.22. The summed E-state index contributed by atoms with van der Waals surface area (Å²) < 4.78 is 5.26. The van der Waals surface area contributed by atoms with Crippen LogP contribution in [-0.2, 0) is 11.3 Å². The van der Waals surface area contributed by atoms with Crippen LogP contribution in [0.5, 0.6) is 5.75 Å². The van der Waals surface area contributed by atoms with Crippen LogP contribution < -0.4 is 15.0 Å². The molecule has 2 rings (SSSR count). The molecule has 0 fully saturated rings. The molecule has 1 atom stereocenters. The molecule has 0 heterocycles. The summed E-state index contributed by atoms with van der Waals surface area (Å²) in [5.74, 6) is 1.19. The first kappa shape index (κ1) is 18.0. The van der Waals surface area contributed by atoms with Crippen LogP contribution in [0.15, 0.2) is 48.5 Å². The summed E-state index contributed by atoms with van der Waals surface area (Å²) in [5.41, 5.74) is 3.28. The Morgan fingerprint density at radius 1 is 1.12 bits per heavy atom. The number of anilines is 1. The molecule has 1 unspecified atom stereocenters. The van der Waals surface area contributed by atoms with Crippen molar-refractivity contribution in [2.45, 2.75) is 26.3 Å². The molecule has 0 saturated carbocycles.